The first-order valence-electron chi connectivity index (χ1n) is 8.31. The highest BCUT2D eigenvalue weighted by molar-refractivity contribution is 7.80. The van der Waals surface area contributed by atoms with Crippen LogP contribution in [-0.2, 0) is 6.54 Å². The normalized spacial score (nSPS) is 10.6. The van der Waals surface area contributed by atoms with Crippen molar-refractivity contribution in [3.63, 3.8) is 0 Å². The van der Waals surface area contributed by atoms with Crippen LogP contribution in [0.4, 0.5) is 0 Å². The molecule has 2 rings (SSSR count). The summed E-state index contributed by atoms with van der Waals surface area (Å²) in [6.45, 7) is 3.51. The van der Waals surface area contributed by atoms with Gasteiger partial charge in [0, 0.05) is 23.9 Å². The molecule has 0 radical (unpaired) electrons. The van der Waals surface area contributed by atoms with Crippen LogP contribution in [0.15, 0.2) is 41.6 Å². The fourth-order valence-corrected chi connectivity index (χ4v) is 2.36. The number of hydrogen-bond acceptors (Lipinski definition) is 4. The Balaban J connectivity index is 2.10. The van der Waals surface area contributed by atoms with Crippen LogP contribution in [0.25, 0.3) is 11.3 Å². The second kappa shape index (κ2) is 10.2. The standard InChI is InChI=1S/C18H22N6S/c1-2-3-11-20-18(25)22-21-13-16-14-24(12-7-10-19)23-17(16)15-8-5-4-6-9-15/h4-6,8-9,13-14H,2-3,7,11-12H2,1H3,(H2,20,22,25)/b21-13-. The predicted molar refractivity (Wildman–Crippen MR) is 104 cm³/mol. The van der Waals surface area contributed by atoms with Gasteiger partial charge in [-0.1, -0.05) is 43.7 Å². The van der Waals surface area contributed by atoms with Crippen molar-refractivity contribution in [2.45, 2.75) is 32.7 Å². The Bertz CT molecular complexity index is 745. The van der Waals surface area contributed by atoms with Gasteiger partial charge in [0.05, 0.1) is 25.2 Å². The van der Waals surface area contributed by atoms with Gasteiger partial charge in [-0.2, -0.15) is 15.5 Å². The molecule has 1 heterocycles. The van der Waals surface area contributed by atoms with E-state index in [4.69, 9.17) is 17.5 Å². The van der Waals surface area contributed by atoms with Crippen LogP contribution in [0.5, 0.6) is 0 Å². The van der Waals surface area contributed by atoms with Crippen molar-refractivity contribution >= 4 is 23.5 Å². The monoisotopic (exact) mass is 354 g/mol. The highest BCUT2D eigenvalue weighted by Crippen LogP contribution is 2.20. The first kappa shape index (κ1) is 18.6. The zero-order valence-electron chi connectivity index (χ0n) is 14.3. The average Bonchev–Trinajstić information content (AvgIpc) is 3.04. The second-order valence-electron chi connectivity index (χ2n) is 5.45. The van der Waals surface area contributed by atoms with Crippen molar-refractivity contribution in [2.24, 2.45) is 5.10 Å². The van der Waals surface area contributed by atoms with E-state index in [0.29, 0.717) is 18.1 Å². The molecule has 0 unspecified atom stereocenters. The Kier molecular flexibility index (Phi) is 7.60. The van der Waals surface area contributed by atoms with Crippen molar-refractivity contribution in [1.29, 1.82) is 5.26 Å². The summed E-state index contributed by atoms with van der Waals surface area (Å²) in [5, 5.41) is 21.1. The van der Waals surface area contributed by atoms with E-state index in [-0.39, 0.29) is 0 Å². The molecule has 2 aromatic rings. The number of aromatic nitrogens is 2. The molecule has 1 aromatic heterocycles. The van der Waals surface area contributed by atoms with Crippen LogP contribution in [0.2, 0.25) is 0 Å². The van der Waals surface area contributed by atoms with E-state index >= 15 is 0 Å². The van der Waals surface area contributed by atoms with Crippen LogP contribution in [0.3, 0.4) is 0 Å². The summed E-state index contributed by atoms with van der Waals surface area (Å²) in [6, 6.07) is 12.0. The lowest BCUT2D eigenvalue weighted by Crippen LogP contribution is -2.32. The zero-order chi connectivity index (χ0) is 17.9. The lowest BCUT2D eigenvalue weighted by atomic mass is 10.1. The molecule has 0 atom stereocenters. The van der Waals surface area contributed by atoms with E-state index in [0.717, 1.165) is 36.2 Å². The number of unbranched alkanes of at least 4 members (excludes halogenated alkanes) is 1. The van der Waals surface area contributed by atoms with Gasteiger partial charge < -0.3 is 5.32 Å². The molecule has 0 saturated carbocycles. The molecule has 0 aliphatic heterocycles. The van der Waals surface area contributed by atoms with Crippen LogP contribution < -0.4 is 10.7 Å². The first-order chi connectivity index (χ1) is 12.2. The summed E-state index contributed by atoms with van der Waals surface area (Å²) in [4.78, 5) is 0. The molecule has 0 bridgehead atoms. The second-order valence-corrected chi connectivity index (χ2v) is 5.86. The fourth-order valence-electron chi connectivity index (χ4n) is 2.21. The minimum atomic E-state index is 0.413. The third-order valence-corrected chi connectivity index (χ3v) is 3.71. The quantitative estimate of drug-likeness (QED) is 0.330. The number of rotatable bonds is 8. The molecule has 130 valence electrons. The van der Waals surface area contributed by atoms with E-state index in [9.17, 15) is 0 Å². The molecule has 0 aliphatic carbocycles. The number of hydrogen-bond donors (Lipinski definition) is 2. The number of aryl methyl sites for hydroxylation is 1. The maximum absolute atomic E-state index is 8.76. The molecule has 0 fully saturated rings. The lowest BCUT2D eigenvalue weighted by molar-refractivity contribution is 0.629. The molecule has 1 aromatic carbocycles. The lowest BCUT2D eigenvalue weighted by Gasteiger charge is -2.05. The molecule has 0 saturated heterocycles. The van der Waals surface area contributed by atoms with E-state index in [1.165, 1.54) is 0 Å². The van der Waals surface area contributed by atoms with Gasteiger partial charge in [-0.15, -0.1) is 0 Å². The number of nitriles is 1. The van der Waals surface area contributed by atoms with Gasteiger partial charge in [-0.3, -0.25) is 10.1 Å². The van der Waals surface area contributed by atoms with E-state index < -0.39 is 0 Å². The molecule has 7 heteroatoms. The summed E-state index contributed by atoms with van der Waals surface area (Å²) in [5.41, 5.74) is 5.52. The largest absolute Gasteiger partial charge is 0.361 e. The molecule has 0 amide bonds. The number of benzene rings is 1. The Morgan fingerprint density at radius 1 is 1.40 bits per heavy atom. The summed E-state index contributed by atoms with van der Waals surface area (Å²) >= 11 is 5.18. The Labute approximate surface area is 153 Å². The van der Waals surface area contributed by atoms with Crippen LogP contribution in [0, 0.1) is 11.3 Å². The summed E-state index contributed by atoms with van der Waals surface area (Å²) in [7, 11) is 0. The van der Waals surface area contributed by atoms with Crippen LogP contribution in [0.1, 0.15) is 31.7 Å². The predicted octanol–water partition coefficient (Wildman–Crippen LogP) is 3.06. The van der Waals surface area contributed by atoms with Crippen LogP contribution >= 0.6 is 12.2 Å². The molecule has 0 spiro atoms. The van der Waals surface area contributed by atoms with E-state index in [1.54, 1.807) is 10.9 Å². The van der Waals surface area contributed by atoms with Crippen molar-refractivity contribution in [1.82, 2.24) is 20.5 Å². The topological polar surface area (TPSA) is 78.0 Å². The van der Waals surface area contributed by atoms with E-state index in [1.807, 2.05) is 36.5 Å². The number of nitrogens with one attached hydrogen (secondary N) is 2. The summed E-state index contributed by atoms with van der Waals surface area (Å²) in [5.74, 6) is 0. The van der Waals surface area contributed by atoms with Crippen molar-refractivity contribution in [3.05, 3.63) is 42.1 Å². The Morgan fingerprint density at radius 3 is 2.92 bits per heavy atom. The van der Waals surface area contributed by atoms with Gasteiger partial charge >= 0.3 is 0 Å². The molecule has 25 heavy (non-hydrogen) atoms. The highest BCUT2D eigenvalue weighted by atomic mass is 32.1. The van der Waals surface area contributed by atoms with Gasteiger partial charge in [0.1, 0.15) is 5.69 Å². The Hall–Kier alpha value is -2.72. The highest BCUT2D eigenvalue weighted by Gasteiger charge is 2.09. The maximum Gasteiger partial charge on any atom is 0.186 e. The van der Waals surface area contributed by atoms with Gasteiger partial charge in [-0.05, 0) is 18.6 Å². The minimum absolute atomic E-state index is 0.413. The number of hydrazone groups is 1. The maximum atomic E-state index is 8.76. The fraction of sp³-hybridized carbons (Fsp3) is 0.333. The SMILES string of the molecule is CCCCNC(=S)N/N=C\c1cn(CCC#N)nc1-c1ccccc1. The van der Waals surface area contributed by atoms with Crippen molar-refractivity contribution < 1.29 is 0 Å². The first-order valence-corrected chi connectivity index (χ1v) is 8.72. The van der Waals surface area contributed by atoms with Gasteiger partial charge in [0.25, 0.3) is 0 Å². The summed E-state index contributed by atoms with van der Waals surface area (Å²) < 4.78 is 1.77. The number of thiocarbonyl (C=S) groups is 1. The molecular weight excluding hydrogens is 332 g/mol. The van der Waals surface area contributed by atoms with Gasteiger partial charge in [-0.25, -0.2) is 0 Å². The van der Waals surface area contributed by atoms with E-state index in [2.05, 4.69) is 33.9 Å². The van der Waals surface area contributed by atoms with Crippen molar-refractivity contribution in [3.8, 4) is 17.3 Å². The van der Waals surface area contributed by atoms with Crippen molar-refractivity contribution in [2.75, 3.05) is 6.54 Å². The zero-order valence-corrected chi connectivity index (χ0v) is 15.1. The number of nitrogens with zero attached hydrogens (tertiary/aromatic N) is 4. The molecule has 6 nitrogen and oxygen atoms in total. The third-order valence-electron chi connectivity index (χ3n) is 3.48. The van der Waals surface area contributed by atoms with Gasteiger partial charge in [0.2, 0.25) is 0 Å². The minimum Gasteiger partial charge on any atom is -0.361 e. The third kappa shape index (κ3) is 6.01. The molecule has 2 N–H and O–H groups in total. The van der Waals surface area contributed by atoms with Gasteiger partial charge in [0.15, 0.2) is 5.11 Å². The summed E-state index contributed by atoms with van der Waals surface area (Å²) in [6.07, 6.45) is 6.18. The molecule has 0 aliphatic rings. The van der Waals surface area contributed by atoms with Crippen LogP contribution in [-0.4, -0.2) is 27.7 Å². The smallest absolute Gasteiger partial charge is 0.186 e. The molecular formula is C18H22N6S. The Morgan fingerprint density at radius 2 is 2.20 bits per heavy atom. The average molecular weight is 354 g/mol.